The molecule has 0 aliphatic rings. The van der Waals surface area contributed by atoms with Crippen molar-refractivity contribution >= 4 is 69.7 Å². The number of alkyl halides is 1. The Hall–Kier alpha value is -0.370. The number of benzene rings is 2. The van der Waals surface area contributed by atoms with Crippen LogP contribution in [0.2, 0.25) is 0 Å². The molecule has 0 aliphatic heterocycles. The number of ether oxygens (including phenoxy) is 2. The molecule has 0 spiro atoms. The second-order valence-corrected chi connectivity index (χ2v) is 7.80. The van der Waals surface area contributed by atoms with Crippen LogP contribution in [0.1, 0.15) is 10.4 Å². The molecule has 0 fully saturated rings. The van der Waals surface area contributed by atoms with Gasteiger partial charge in [-0.15, -0.1) is 0 Å². The van der Waals surface area contributed by atoms with Crippen molar-refractivity contribution in [3.8, 4) is 11.5 Å². The van der Waals surface area contributed by atoms with Gasteiger partial charge in [-0.2, -0.15) is 0 Å². The zero-order chi connectivity index (χ0) is 16.3. The first-order valence-electron chi connectivity index (χ1n) is 6.06. The molecule has 0 saturated carbocycles. The Morgan fingerprint density at radius 3 is 2.09 bits per heavy atom. The van der Waals surface area contributed by atoms with Crippen molar-refractivity contribution < 1.29 is 14.3 Å². The van der Waals surface area contributed by atoms with Crippen LogP contribution in [-0.4, -0.2) is 13.1 Å². The van der Waals surface area contributed by atoms with Gasteiger partial charge in [0.1, 0.15) is 10.6 Å². The van der Waals surface area contributed by atoms with Gasteiger partial charge >= 0.3 is 5.97 Å². The zero-order valence-corrected chi connectivity index (χ0v) is 17.6. The van der Waals surface area contributed by atoms with Crippen molar-refractivity contribution in [3.05, 3.63) is 55.4 Å². The molecule has 2 aromatic carbocycles. The molecule has 0 saturated heterocycles. The standard InChI is InChI=1S/C15H10Br4O3/c1-21-10-4-2-8(3-5-10)13(19)15(20)22-14-11(17)6-9(16)7-12(14)18/h2-7,13H,1H3. The monoisotopic (exact) mass is 554 g/mol. The van der Waals surface area contributed by atoms with E-state index in [1.807, 2.05) is 24.3 Å². The second kappa shape index (κ2) is 7.95. The Kier molecular flexibility index (Phi) is 6.49. The highest BCUT2D eigenvalue weighted by Gasteiger charge is 2.22. The lowest BCUT2D eigenvalue weighted by Crippen LogP contribution is -2.14. The lowest BCUT2D eigenvalue weighted by molar-refractivity contribution is -0.133. The molecular formula is C15H10Br4O3. The van der Waals surface area contributed by atoms with Crippen LogP contribution in [0.15, 0.2) is 49.8 Å². The molecule has 0 aromatic heterocycles. The van der Waals surface area contributed by atoms with E-state index in [0.717, 1.165) is 15.8 Å². The molecule has 1 unspecified atom stereocenters. The van der Waals surface area contributed by atoms with Crippen molar-refractivity contribution in [3.63, 3.8) is 0 Å². The van der Waals surface area contributed by atoms with Crippen LogP contribution in [0.3, 0.4) is 0 Å². The van der Waals surface area contributed by atoms with E-state index in [0.29, 0.717) is 14.7 Å². The molecule has 116 valence electrons. The fourth-order valence-electron chi connectivity index (χ4n) is 1.69. The minimum atomic E-state index is -0.569. The Bertz CT molecular complexity index is 663. The average Bonchev–Trinajstić information content (AvgIpc) is 2.50. The summed E-state index contributed by atoms with van der Waals surface area (Å²) in [6.45, 7) is 0. The van der Waals surface area contributed by atoms with E-state index in [1.165, 1.54) is 0 Å². The van der Waals surface area contributed by atoms with Crippen molar-refractivity contribution in [2.75, 3.05) is 7.11 Å². The Morgan fingerprint density at radius 2 is 1.59 bits per heavy atom. The van der Waals surface area contributed by atoms with Gasteiger partial charge in [0.05, 0.1) is 16.1 Å². The molecule has 0 bridgehead atoms. The Labute approximate surface area is 161 Å². The molecule has 0 amide bonds. The number of carbonyl (C=O) groups is 1. The van der Waals surface area contributed by atoms with E-state index in [2.05, 4.69) is 63.7 Å². The minimum absolute atomic E-state index is 0.408. The SMILES string of the molecule is COc1ccc(C(Br)C(=O)Oc2c(Br)cc(Br)cc2Br)cc1. The van der Waals surface area contributed by atoms with Gasteiger partial charge in [0.25, 0.3) is 0 Å². The summed E-state index contributed by atoms with van der Waals surface area (Å²) in [6.07, 6.45) is 0. The molecule has 0 aliphatic carbocycles. The highest BCUT2D eigenvalue weighted by molar-refractivity contribution is 9.11. The van der Waals surface area contributed by atoms with Crippen molar-refractivity contribution in [2.24, 2.45) is 0 Å². The topological polar surface area (TPSA) is 35.5 Å². The van der Waals surface area contributed by atoms with Crippen molar-refractivity contribution in [1.29, 1.82) is 0 Å². The molecule has 22 heavy (non-hydrogen) atoms. The van der Waals surface area contributed by atoms with Crippen LogP contribution in [-0.2, 0) is 4.79 Å². The lowest BCUT2D eigenvalue weighted by Gasteiger charge is -2.13. The first-order chi connectivity index (χ1) is 10.4. The molecule has 1 atom stereocenters. The maximum Gasteiger partial charge on any atom is 0.329 e. The van der Waals surface area contributed by atoms with Gasteiger partial charge in [-0.3, -0.25) is 4.79 Å². The van der Waals surface area contributed by atoms with E-state index in [4.69, 9.17) is 9.47 Å². The third-order valence-corrected chi connectivity index (χ3v) is 5.32. The molecule has 2 aromatic rings. The molecule has 0 radical (unpaired) electrons. The van der Waals surface area contributed by atoms with Crippen LogP contribution in [0.5, 0.6) is 11.5 Å². The summed E-state index contributed by atoms with van der Waals surface area (Å²) in [7, 11) is 1.59. The highest BCUT2D eigenvalue weighted by atomic mass is 79.9. The maximum atomic E-state index is 12.3. The number of esters is 1. The van der Waals surface area contributed by atoms with E-state index in [9.17, 15) is 4.79 Å². The molecule has 7 heteroatoms. The smallest absolute Gasteiger partial charge is 0.329 e. The van der Waals surface area contributed by atoms with Gasteiger partial charge in [-0.25, -0.2) is 0 Å². The predicted octanol–water partition coefficient (Wildman–Crippen LogP) is 6.02. The third-order valence-electron chi connectivity index (χ3n) is 2.78. The summed E-state index contributed by atoms with van der Waals surface area (Å²) in [6, 6.07) is 10.8. The first-order valence-corrected chi connectivity index (χ1v) is 9.36. The lowest BCUT2D eigenvalue weighted by atomic mass is 10.1. The molecule has 3 nitrogen and oxygen atoms in total. The van der Waals surface area contributed by atoms with E-state index < -0.39 is 10.8 Å². The fourth-order valence-corrected chi connectivity index (χ4v) is 4.51. The van der Waals surface area contributed by atoms with Gasteiger partial charge in [0.15, 0.2) is 5.75 Å². The molecular weight excluding hydrogens is 548 g/mol. The number of rotatable bonds is 4. The molecule has 0 N–H and O–H groups in total. The van der Waals surface area contributed by atoms with Crippen molar-refractivity contribution in [1.82, 2.24) is 0 Å². The number of hydrogen-bond acceptors (Lipinski definition) is 3. The Morgan fingerprint density at radius 1 is 1.05 bits per heavy atom. The summed E-state index contributed by atoms with van der Waals surface area (Å²) in [5.74, 6) is 0.760. The normalized spacial score (nSPS) is 11.9. The number of hydrogen-bond donors (Lipinski definition) is 0. The van der Waals surface area contributed by atoms with Gasteiger partial charge in [0.2, 0.25) is 0 Å². The van der Waals surface area contributed by atoms with Gasteiger partial charge in [-0.05, 0) is 61.7 Å². The summed E-state index contributed by atoms with van der Waals surface area (Å²) in [5, 5.41) is 0. The minimum Gasteiger partial charge on any atom is -0.497 e. The van der Waals surface area contributed by atoms with Crippen LogP contribution < -0.4 is 9.47 Å². The molecule has 0 heterocycles. The van der Waals surface area contributed by atoms with Crippen molar-refractivity contribution in [2.45, 2.75) is 4.83 Å². The zero-order valence-electron chi connectivity index (χ0n) is 11.3. The van der Waals surface area contributed by atoms with E-state index in [-0.39, 0.29) is 0 Å². The van der Waals surface area contributed by atoms with Crippen LogP contribution >= 0.6 is 63.7 Å². The third kappa shape index (κ3) is 4.34. The first kappa shape index (κ1) is 18.0. The van der Waals surface area contributed by atoms with Crippen LogP contribution in [0.4, 0.5) is 0 Å². The number of halogens is 4. The fraction of sp³-hybridized carbons (Fsp3) is 0.133. The largest absolute Gasteiger partial charge is 0.497 e. The summed E-state index contributed by atoms with van der Waals surface area (Å²) < 4.78 is 12.8. The summed E-state index contributed by atoms with van der Waals surface area (Å²) in [4.78, 5) is 11.7. The van der Waals surface area contributed by atoms with E-state index >= 15 is 0 Å². The highest BCUT2D eigenvalue weighted by Crippen LogP contribution is 2.38. The number of carbonyl (C=O) groups excluding carboxylic acids is 1. The quantitative estimate of drug-likeness (QED) is 0.262. The molecule has 2 rings (SSSR count). The van der Waals surface area contributed by atoms with Gasteiger partial charge in [0, 0.05) is 4.47 Å². The second-order valence-electron chi connectivity index (χ2n) is 4.26. The maximum absolute atomic E-state index is 12.3. The van der Waals surface area contributed by atoms with Gasteiger partial charge < -0.3 is 9.47 Å². The van der Waals surface area contributed by atoms with E-state index in [1.54, 1.807) is 19.2 Å². The summed E-state index contributed by atoms with van der Waals surface area (Å²) in [5.41, 5.74) is 0.787. The van der Waals surface area contributed by atoms with Crippen LogP contribution in [0, 0.1) is 0 Å². The Balaban J connectivity index is 2.17. The van der Waals surface area contributed by atoms with Gasteiger partial charge in [-0.1, -0.05) is 44.0 Å². The number of methoxy groups -OCH3 is 1. The van der Waals surface area contributed by atoms with Crippen LogP contribution in [0.25, 0.3) is 0 Å². The summed E-state index contributed by atoms with van der Waals surface area (Å²) >= 11 is 13.5. The predicted molar refractivity (Wildman–Crippen MR) is 99.8 cm³/mol. The average molecular weight is 558 g/mol.